The maximum atomic E-state index is 13.6. The summed E-state index contributed by atoms with van der Waals surface area (Å²) in [4.78, 5) is 30.6. The molecule has 4 heterocycles. The third-order valence-electron chi connectivity index (χ3n) is 6.15. The van der Waals surface area contributed by atoms with Crippen molar-refractivity contribution in [2.45, 2.75) is 26.1 Å². The van der Waals surface area contributed by atoms with E-state index in [0.717, 1.165) is 11.1 Å². The largest absolute Gasteiger partial charge is 0.364 e. The van der Waals surface area contributed by atoms with E-state index in [-0.39, 0.29) is 11.8 Å². The number of fused-ring (bicyclic) bond motifs is 2. The highest BCUT2D eigenvalue weighted by molar-refractivity contribution is 5.99. The molecule has 7 nitrogen and oxygen atoms in total. The van der Waals surface area contributed by atoms with Crippen molar-refractivity contribution < 1.29 is 14.1 Å². The fourth-order valence-electron chi connectivity index (χ4n) is 4.60. The molecule has 0 spiro atoms. The Balaban J connectivity index is 1.73. The van der Waals surface area contributed by atoms with Crippen molar-refractivity contribution in [2.24, 2.45) is 0 Å². The van der Waals surface area contributed by atoms with E-state index in [0.29, 0.717) is 42.3 Å². The Bertz CT molecular complexity index is 1210. The highest BCUT2D eigenvalue weighted by Gasteiger charge is 2.56. The third-order valence-corrected chi connectivity index (χ3v) is 6.15. The summed E-state index contributed by atoms with van der Waals surface area (Å²) in [6.07, 6.45) is 7.06. The van der Waals surface area contributed by atoms with Gasteiger partial charge in [0.15, 0.2) is 5.66 Å². The van der Waals surface area contributed by atoms with Gasteiger partial charge in [0.25, 0.3) is 11.8 Å². The summed E-state index contributed by atoms with van der Waals surface area (Å²) < 4.78 is 6.85. The normalized spacial score (nSPS) is 20.1. The molecule has 0 radical (unpaired) electrons. The van der Waals surface area contributed by atoms with Gasteiger partial charge in [0.05, 0.1) is 17.9 Å². The average molecular weight is 400 g/mol. The first-order chi connectivity index (χ1) is 14.5. The maximum Gasteiger partial charge on any atom is 0.272 e. The van der Waals surface area contributed by atoms with Crippen LogP contribution in [0.15, 0.2) is 47.2 Å². The van der Waals surface area contributed by atoms with Crippen molar-refractivity contribution in [3.63, 3.8) is 0 Å². The minimum absolute atomic E-state index is 0.138. The van der Waals surface area contributed by atoms with Crippen LogP contribution >= 0.6 is 0 Å². The van der Waals surface area contributed by atoms with Crippen LogP contribution in [0.1, 0.15) is 43.4 Å². The van der Waals surface area contributed by atoms with Crippen molar-refractivity contribution in [1.29, 1.82) is 0 Å². The summed E-state index contributed by atoms with van der Waals surface area (Å²) in [5, 5.41) is 3.86. The first-order valence-electron chi connectivity index (χ1n) is 9.75. The van der Waals surface area contributed by atoms with Crippen LogP contribution in [0.25, 0.3) is 0 Å². The maximum absolute atomic E-state index is 13.6. The van der Waals surface area contributed by atoms with Crippen LogP contribution in [0.3, 0.4) is 0 Å². The number of carbonyl (C=O) groups is 2. The molecule has 5 rings (SSSR count). The Morgan fingerprint density at radius 3 is 2.60 bits per heavy atom. The van der Waals surface area contributed by atoms with E-state index >= 15 is 0 Å². The number of hydrogen-bond donors (Lipinski definition) is 0. The molecule has 2 aromatic heterocycles. The minimum atomic E-state index is -0.983. The van der Waals surface area contributed by atoms with Gasteiger partial charge in [-0.2, -0.15) is 0 Å². The summed E-state index contributed by atoms with van der Waals surface area (Å²) in [5.74, 6) is 2.30. The smallest absolute Gasteiger partial charge is 0.272 e. The highest BCUT2D eigenvalue weighted by Crippen LogP contribution is 2.44. The molecule has 3 aromatic rings. The third kappa shape index (κ3) is 2.31. The van der Waals surface area contributed by atoms with Crippen molar-refractivity contribution in [3.05, 3.63) is 76.4 Å². The Labute approximate surface area is 173 Å². The number of aryl methyl sites for hydroxylation is 2. The van der Waals surface area contributed by atoms with Gasteiger partial charge in [-0.3, -0.25) is 9.59 Å². The van der Waals surface area contributed by atoms with E-state index < -0.39 is 5.66 Å². The Morgan fingerprint density at radius 1 is 1.17 bits per heavy atom. The summed E-state index contributed by atoms with van der Waals surface area (Å²) in [7, 11) is 0. The SMILES string of the molecule is C#Cc1ccc2n1CC1(c3ccc(C)cc3)N(C(=O)c3conc3C)CCN1C2=O. The molecule has 0 N–H and O–H groups in total. The molecule has 7 heteroatoms. The lowest BCUT2D eigenvalue weighted by Gasteiger charge is -2.47. The second kappa shape index (κ2) is 6.36. The molecule has 1 atom stereocenters. The monoisotopic (exact) mass is 400 g/mol. The molecule has 30 heavy (non-hydrogen) atoms. The fourth-order valence-corrected chi connectivity index (χ4v) is 4.60. The summed E-state index contributed by atoms with van der Waals surface area (Å²) >= 11 is 0. The van der Waals surface area contributed by atoms with Crippen LogP contribution in [0, 0.1) is 26.2 Å². The molecule has 1 fully saturated rings. The zero-order chi connectivity index (χ0) is 21.0. The first kappa shape index (κ1) is 18.3. The quantitative estimate of drug-likeness (QED) is 0.620. The standard InChI is InChI=1S/C23H20N4O3/c1-4-18-9-10-20-22(29)27-12-11-26(21(28)19-13-30-24-16(19)3)23(27,14-25(18)20)17-7-5-15(2)6-8-17/h1,5-10,13H,11-12,14H2,2-3H3. The molecule has 1 saturated heterocycles. The average Bonchev–Trinajstić information content (AvgIpc) is 3.45. The number of rotatable bonds is 2. The molecule has 150 valence electrons. The van der Waals surface area contributed by atoms with E-state index in [4.69, 9.17) is 10.9 Å². The van der Waals surface area contributed by atoms with Gasteiger partial charge in [0.2, 0.25) is 0 Å². The van der Waals surface area contributed by atoms with Gasteiger partial charge >= 0.3 is 0 Å². The lowest BCUT2D eigenvalue weighted by atomic mass is 9.93. The van der Waals surface area contributed by atoms with E-state index in [1.165, 1.54) is 6.26 Å². The van der Waals surface area contributed by atoms with E-state index in [1.807, 2.05) is 35.8 Å². The number of nitrogens with zero attached hydrogens (tertiary/aromatic N) is 4. The molecule has 0 aliphatic carbocycles. The van der Waals surface area contributed by atoms with Crippen molar-refractivity contribution in [2.75, 3.05) is 13.1 Å². The van der Waals surface area contributed by atoms with Crippen LogP contribution in [0.5, 0.6) is 0 Å². The van der Waals surface area contributed by atoms with E-state index in [1.54, 1.807) is 28.9 Å². The van der Waals surface area contributed by atoms with Gasteiger partial charge in [-0.1, -0.05) is 40.9 Å². The molecule has 2 aliphatic heterocycles. The second-order valence-corrected chi connectivity index (χ2v) is 7.74. The van der Waals surface area contributed by atoms with E-state index in [9.17, 15) is 9.59 Å². The number of carbonyl (C=O) groups excluding carboxylic acids is 2. The summed E-state index contributed by atoms with van der Waals surface area (Å²) in [6, 6.07) is 11.5. The molecule has 0 saturated carbocycles. The van der Waals surface area contributed by atoms with Crippen LogP contribution in [-0.4, -0.2) is 44.4 Å². The minimum Gasteiger partial charge on any atom is -0.364 e. The second-order valence-electron chi connectivity index (χ2n) is 7.74. The Hall–Kier alpha value is -3.79. The molecular weight excluding hydrogens is 380 g/mol. The molecule has 2 aliphatic rings. The van der Waals surface area contributed by atoms with Gasteiger partial charge in [-0.15, -0.1) is 6.42 Å². The Kier molecular flexibility index (Phi) is 3.87. The van der Waals surface area contributed by atoms with Gasteiger partial charge in [-0.25, -0.2) is 0 Å². The number of hydrogen-bond acceptors (Lipinski definition) is 4. The number of benzene rings is 1. The van der Waals surface area contributed by atoms with Crippen molar-refractivity contribution in [3.8, 4) is 12.3 Å². The molecule has 2 amide bonds. The van der Waals surface area contributed by atoms with Gasteiger partial charge in [0, 0.05) is 13.1 Å². The Morgan fingerprint density at radius 2 is 1.93 bits per heavy atom. The number of amides is 2. The van der Waals surface area contributed by atoms with Crippen LogP contribution in [0.4, 0.5) is 0 Å². The summed E-state index contributed by atoms with van der Waals surface area (Å²) in [6.45, 7) is 4.93. The van der Waals surface area contributed by atoms with E-state index in [2.05, 4.69) is 11.1 Å². The van der Waals surface area contributed by atoms with Crippen molar-refractivity contribution >= 4 is 11.8 Å². The predicted octanol–water partition coefficient (Wildman–Crippen LogP) is 2.54. The van der Waals surface area contributed by atoms with Crippen LogP contribution in [-0.2, 0) is 12.2 Å². The summed E-state index contributed by atoms with van der Waals surface area (Å²) in [5.41, 5.74) is 3.05. The van der Waals surface area contributed by atoms with Gasteiger partial charge in [0.1, 0.15) is 17.5 Å². The zero-order valence-electron chi connectivity index (χ0n) is 16.8. The van der Waals surface area contributed by atoms with Crippen LogP contribution in [0.2, 0.25) is 0 Å². The fraction of sp³-hybridized carbons (Fsp3) is 0.261. The topological polar surface area (TPSA) is 71.6 Å². The molecule has 1 aromatic carbocycles. The van der Waals surface area contributed by atoms with Crippen LogP contribution < -0.4 is 0 Å². The molecular formula is C23H20N4O3. The van der Waals surface area contributed by atoms with Crippen molar-refractivity contribution in [1.82, 2.24) is 19.5 Å². The molecule has 0 bridgehead atoms. The predicted molar refractivity (Wildman–Crippen MR) is 109 cm³/mol. The number of aromatic nitrogens is 2. The van der Waals surface area contributed by atoms with Gasteiger partial charge in [-0.05, 0) is 31.5 Å². The lowest BCUT2D eigenvalue weighted by Crippen LogP contribution is -2.60. The highest BCUT2D eigenvalue weighted by atomic mass is 16.5. The first-order valence-corrected chi connectivity index (χ1v) is 9.75. The molecule has 1 unspecified atom stereocenters. The zero-order valence-corrected chi connectivity index (χ0v) is 16.8. The number of terminal acetylenes is 1. The van der Waals surface area contributed by atoms with Gasteiger partial charge < -0.3 is 18.9 Å². The lowest BCUT2D eigenvalue weighted by molar-refractivity contribution is -0.00612.